The average molecular weight is 436 g/mol. The Hall–Kier alpha value is -3.59. The van der Waals surface area contributed by atoms with E-state index < -0.39 is 0 Å². The highest BCUT2D eigenvalue weighted by Gasteiger charge is 2.17. The zero-order chi connectivity index (χ0) is 21.8. The zero-order valence-electron chi connectivity index (χ0n) is 16.9. The van der Waals surface area contributed by atoms with Crippen LogP contribution in [0.5, 0.6) is 5.75 Å². The molecule has 4 rings (SSSR count). The molecule has 4 aromatic rings. The third-order valence-electron chi connectivity index (χ3n) is 4.79. The van der Waals surface area contributed by atoms with Gasteiger partial charge in [0.15, 0.2) is 5.16 Å². The van der Waals surface area contributed by atoms with E-state index in [-0.39, 0.29) is 17.2 Å². The van der Waals surface area contributed by atoms with E-state index in [1.807, 2.05) is 42.5 Å². The summed E-state index contributed by atoms with van der Waals surface area (Å²) >= 11 is 1.26. The molecule has 0 aliphatic carbocycles. The average Bonchev–Trinajstić information content (AvgIpc) is 3.23. The molecule has 0 bridgehead atoms. The Bertz CT molecular complexity index is 1330. The maximum absolute atomic E-state index is 12.8. The van der Waals surface area contributed by atoms with Gasteiger partial charge in [0.25, 0.3) is 5.56 Å². The molecule has 158 valence electrons. The number of fused-ring (bicyclic) bond motifs is 3. The van der Waals surface area contributed by atoms with Crippen molar-refractivity contribution < 1.29 is 9.53 Å². The van der Waals surface area contributed by atoms with Gasteiger partial charge < -0.3 is 10.1 Å². The van der Waals surface area contributed by atoms with Crippen LogP contribution in [0.4, 0.5) is 0 Å². The van der Waals surface area contributed by atoms with Crippen molar-refractivity contribution in [3.63, 3.8) is 0 Å². The molecule has 8 nitrogen and oxygen atoms in total. The summed E-state index contributed by atoms with van der Waals surface area (Å²) in [6.45, 7) is 4.41. The molecule has 0 saturated carbocycles. The van der Waals surface area contributed by atoms with Crippen molar-refractivity contribution in [3.8, 4) is 5.75 Å². The summed E-state index contributed by atoms with van der Waals surface area (Å²) in [7, 11) is 1.60. The summed E-state index contributed by atoms with van der Waals surface area (Å²) in [4.78, 5) is 25.3. The minimum absolute atomic E-state index is 0.142. The first kappa shape index (κ1) is 20.7. The van der Waals surface area contributed by atoms with Gasteiger partial charge in [-0.15, -0.1) is 16.8 Å². The molecule has 0 spiro atoms. The Morgan fingerprint density at radius 1 is 1.19 bits per heavy atom. The van der Waals surface area contributed by atoms with Gasteiger partial charge in [-0.2, -0.15) is 0 Å². The van der Waals surface area contributed by atoms with E-state index in [4.69, 9.17) is 4.74 Å². The van der Waals surface area contributed by atoms with Gasteiger partial charge in [0.1, 0.15) is 5.75 Å². The second-order valence-electron chi connectivity index (χ2n) is 6.72. The molecular weight excluding hydrogens is 414 g/mol. The molecule has 0 atom stereocenters. The second kappa shape index (κ2) is 9.05. The molecule has 0 radical (unpaired) electrons. The van der Waals surface area contributed by atoms with Crippen LogP contribution in [0.3, 0.4) is 0 Å². The predicted octanol–water partition coefficient (Wildman–Crippen LogP) is 2.65. The molecule has 2 aromatic heterocycles. The topological polar surface area (TPSA) is 90.5 Å². The largest absolute Gasteiger partial charge is 0.496 e. The Labute approximate surface area is 182 Å². The Kier molecular flexibility index (Phi) is 6.03. The number of thioether (sulfide) groups is 1. The number of methoxy groups -OCH3 is 1. The minimum Gasteiger partial charge on any atom is -0.496 e. The number of para-hydroxylation sites is 2. The fourth-order valence-electron chi connectivity index (χ4n) is 3.34. The van der Waals surface area contributed by atoms with Crippen LogP contribution in [0.1, 0.15) is 5.56 Å². The number of nitrogens with zero attached hydrogens (tertiary/aromatic N) is 4. The van der Waals surface area contributed by atoms with Crippen LogP contribution in [0, 0.1) is 0 Å². The first-order chi connectivity index (χ1) is 15.1. The number of hydrogen-bond acceptors (Lipinski definition) is 6. The lowest BCUT2D eigenvalue weighted by Gasteiger charge is -2.10. The number of aromatic nitrogens is 4. The van der Waals surface area contributed by atoms with E-state index in [2.05, 4.69) is 22.1 Å². The van der Waals surface area contributed by atoms with Gasteiger partial charge in [0.05, 0.1) is 23.8 Å². The number of allylic oxidation sites excluding steroid dienone is 1. The molecule has 31 heavy (non-hydrogen) atoms. The Morgan fingerprint density at radius 2 is 1.97 bits per heavy atom. The summed E-state index contributed by atoms with van der Waals surface area (Å²) in [5, 5.41) is 12.4. The molecule has 2 aromatic carbocycles. The molecule has 0 fully saturated rings. The van der Waals surface area contributed by atoms with Crippen LogP contribution in [0.25, 0.3) is 16.7 Å². The van der Waals surface area contributed by atoms with E-state index in [1.165, 1.54) is 16.3 Å². The first-order valence-electron chi connectivity index (χ1n) is 9.63. The molecule has 2 heterocycles. The lowest BCUT2D eigenvalue weighted by molar-refractivity contribution is -0.118. The van der Waals surface area contributed by atoms with Gasteiger partial charge in [-0.25, -0.2) is 0 Å². The van der Waals surface area contributed by atoms with E-state index in [0.29, 0.717) is 34.9 Å². The molecular formula is C22H21N5O3S. The third kappa shape index (κ3) is 4.04. The summed E-state index contributed by atoms with van der Waals surface area (Å²) in [6.07, 6.45) is 1.64. The smallest absolute Gasteiger partial charge is 0.263 e. The molecule has 0 aliphatic rings. The Balaban J connectivity index is 1.57. The number of rotatable bonds is 8. The number of carbonyl (C=O) groups is 1. The quantitative estimate of drug-likeness (QED) is 0.338. The minimum atomic E-state index is -0.151. The van der Waals surface area contributed by atoms with Crippen molar-refractivity contribution in [3.05, 3.63) is 77.1 Å². The molecule has 0 saturated heterocycles. The molecule has 0 unspecified atom stereocenters. The zero-order valence-corrected chi connectivity index (χ0v) is 17.8. The van der Waals surface area contributed by atoms with Crippen LogP contribution in [0.2, 0.25) is 0 Å². The van der Waals surface area contributed by atoms with Crippen molar-refractivity contribution in [2.24, 2.45) is 0 Å². The van der Waals surface area contributed by atoms with Gasteiger partial charge in [-0.3, -0.25) is 18.6 Å². The van der Waals surface area contributed by atoms with Gasteiger partial charge in [0.2, 0.25) is 11.7 Å². The number of benzene rings is 2. The SMILES string of the molecule is C=CCn1c(=O)c2ccccc2n2c(SCC(=O)NCc3ccccc3OC)nnc12. The highest BCUT2D eigenvalue weighted by Crippen LogP contribution is 2.22. The standard InChI is InChI=1S/C22H21N5O3S/c1-3-12-26-20(29)16-9-5-6-10-17(16)27-21(26)24-25-22(27)31-14-19(28)23-13-15-8-4-7-11-18(15)30-2/h3-11H,1,12-14H2,2H3,(H,23,28). The van der Waals surface area contributed by atoms with Gasteiger partial charge >= 0.3 is 0 Å². The number of amides is 1. The van der Waals surface area contributed by atoms with Crippen LogP contribution in [0.15, 0.2) is 71.1 Å². The van der Waals surface area contributed by atoms with Gasteiger partial charge in [-0.1, -0.05) is 48.2 Å². The van der Waals surface area contributed by atoms with Gasteiger partial charge in [-0.05, 0) is 18.2 Å². The first-order valence-corrected chi connectivity index (χ1v) is 10.6. The Morgan fingerprint density at radius 3 is 2.77 bits per heavy atom. The summed E-state index contributed by atoms with van der Waals surface area (Å²) in [5.41, 5.74) is 1.45. The maximum Gasteiger partial charge on any atom is 0.263 e. The van der Waals surface area contributed by atoms with Crippen LogP contribution < -0.4 is 15.6 Å². The predicted molar refractivity (Wildman–Crippen MR) is 121 cm³/mol. The summed E-state index contributed by atoms with van der Waals surface area (Å²) in [6, 6.07) is 14.8. The second-order valence-corrected chi connectivity index (χ2v) is 7.66. The number of ether oxygens (including phenoxy) is 1. The van der Waals surface area contributed by atoms with Crippen molar-refractivity contribution in [2.75, 3.05) is 12.9 Å². The summed E-state index contributed by atoms with van der Waals surface area (Å²) in [5.74, 6) is 1.16. The van der Waals surface area contributed by atoms with E-state index >= 15 is 0 Å². The van der Waals surface area contributed by atoms with E-state index in [9.17, 15) is 9.59 Å². The lowest BCUT2D eigenvalue weighted by Crippen LogP contribution is -2.25. The number of nitrogens with one attached hydrogen (secondary N) is 1. The fraction of sp³-hybridized carbons (Fsp3) is 0.182. The number of hydrogen-bond donors (Lipinski definition) is 1. The molecule has 1 amide bonds. The van der Waals surface area contributed by atoms with Crippen molar-refractivity contribution in [2.45, 2.75) is 18.2 Å². The molecule has 0 aliphatic heterocycles. The van der Waals surface area contributed by atoms with Crippen molar-refractivity contribution in [1.29, 1.82) is 0 Å². The van der Waals surface area contributed by atoms with Gasteiger partial charge in [0, 0.05) is 18.7 Å². The van der Waals surface area contributed by atoms with E-state index in [1.54, 1.807) is 23.7 Å². The summed E-state index contributed by atoms with van der Waals surface area (Å²) < 4.78 is 8.64. The van der Waals surface area contributed by atoms with E-state index in [0.717, 1.165) is 11.3 Å². The van der Waals surface area contributed by atoms with Crippen LogP contribution in [-0.4, -0.2) is 37.9 Å². The lowest BCUT2D eigenvalue weighted by atomic mass is 10.2. The van der Waals surface area contributed by atoms with Crippen LogP contribution in [-0.2, 0) is 17.9 Å². The highest BCUT2D eigenvalue weighted by atomic mass is 32.2. The molecule has 1 N–H and O–H groups in total. The fourth-order valence-corrected chi connectivity index (χ4v) is 4.11. The highest BCUT2D eigenvalue weighted by molar-refractivity contribution is 7.99. The number of carbonyl (C=O) groups excluding carboxylic acids is 1. The van der Waals surface area contributed by atoms with Crippen LogP contribution >= 0.6 is 11.8 Å². The maximum atomic E-state index is 12.8. The molecule has 9 heteroatoms. The van der Waals surface area contributed by atoms with Crippen molar-refractivity contribution in [1.82, 2.24) is 24.5 Å². The third-order valence-corrected chi connectivity index (χ3v) is 5.72. The van der Waals surface area contributed by atoms with Crippen molar-refractivity contribution >= 4 is 34.3 Å². The monoisotopic (exact) mass is 435 g/mol. The normalized spacial score (nSPS) is 11.0.